The first-order valence-corrected chi connectivity index (χ1v) is 8.13. The Morgan fingerprint density at radius 3 is 2.62 bits per heavy atom. The maximum Gasteiger partial charge on any atom is 0.261 e. The van der Waals surface area contributed by atoms with Crippen LogP contribution in [0.1, 0.15) is 28.2 Å². The van der Waals surface area contributed by atoms with E-state index in [1.165, 1.54) is 42.7 Å². The highest BCUT2D eigenvalue weighted by Gasteiger charge is 2.16. The van der Waals surface area contributed by atoms with Crippen molar-refractivity contribution in [2.24, 2.45) is 0 Å². The topological polar surface area (TPSA) is 38.3 Å². The highest BCUT2D eigenvalue weighted by molar-refractivity contribution is 7.20. The summed E-state index contributed by atoms with van der Waals surface area (Å²) >= 11 is 1.22. The number of hydrogen-bond acceptors (Lipinski definition) is 3. The summed E-state index contributed by atoms with van der Waals surface area (Å²) in [7, 11) is 1.39. The van der Waals surface area contributed by atoms with E-state index in [0.29, 0.717) is 20.5 Å². The van der Waals surface area contributed by atoms with Crippen LogP contribution in [-0.4, -0.2) is 13.0 Å². The lowest BCUT2D eigenvalue weighted by Gasteiger charge is -2.14. The van der Waals surface area contributed by atoms with Crippen LogP contribution in [0.2, 0.25) is 0 Å². The molecule has 0 saturated heterocycles. The zero-order chi connectivity index (χ0) is 17.3. The average molecular weight is 347 g/mol. The van der Waals surface area contributed by atoms with Crippen LogP contribution >= 0.6 is 11.3 Å². The van der Waals surface area contributed by atoms with Crippen LogP contribution in [0.3, 0.4) is 0 Å². The number of nitrogens with one attached hydrogen (secondary N) is 1. The molecule has 3 nitrogen and oxygen atoms in total. The van der Waals surface area contributed by atoms with Gasteiger partial charge in [-0.25, -0.2) is 8.78 Å². The molecule has 2 aromatic carbocycles. The number of benzene rings is 2. The lowest BCUT2D eigenvalue weighted by Crippen LogP contribution is -2.25. The number of halogens is 2. The number of carbonyl (C=O) groups is 1. The van der Waals surface area contributed by atoms with Gasteiger partial charge in [0.15, 0.2) is 11.6 Å². The van der Waals surface area contributed by atoms with E-state index in [1.54, 1.807) is 25.1 Å². The fraction of sp³-hybridized carbons (Fsp3) is 0.167. The van der Waals surface area contributed by atoms with Gasteiger partial charge in [-0.1, -0.05) is 12.1 Å². The van der Waals surface area contributed by atoms with Crippen molar-refractivity contribution in [3.63, 3.8) is 0 Å². The van der Waals surface area contributed by atoms with E-state index in [0.717, 1.165) is 0 Å². The second-order valence-electron chi connectivity index (χ2n) is 5.35. The van der Waals surface area contributed by atoms with Gasteiger partial charge < -0.3 is 10.1 Å². The summed E-state index contributed by atoms with van der Waals surface area (Å²) in [5, 5.41) is 3.23. The number of rotatable bonds is 4. The highest BCUT2D eigenvalue weighted by Crippen LogP contribution is 2.28. The van der Waals surface area contributed by atoms with Gasteiger partial charge in [-0.05, 0) is 42.8 Å². The van der Waals surface area contributed by atoms with E-state index >= 15 is 0 Å². The van der Waals surface area contributed by atoms with Gasteiger partial charge in [0.2, 0.25) is 0 Å². The lowest BCUT2D eigenvalue weighted by atomic mass is 10.1. The minimum absolute atomic E-state index is 0.150. The summed E-state index contributed by atoms with van der Waals surface area (Å²) in [6.07, 6.45) is 0. The molecule has 1 N–H and O–H groups in total. The number of thiophene rings is 1. The molecule has 1 heterocycles. The summed E-state index contributed by atoms with van der Waals surface area (Å²) in [5.74, 6) is -1.01. The van der Waals surface area contributed by atoms with E-state index < -0.39 is 11.9 Å². The van der Waals surface area contributed by atoms with Crippen LogP contribution in [0.5, 0.6) is 5.75 Å². The molecule has 0 aliphatic carbocycles. The van der Waals surface area contributed by atoms with Crippen LogP contribution in [0.25, 0.3) is 10.1 Å². The van der Waals surface area contributed by atoms with E-state index in [9.17, 15) is 13.6 Å². The molecule has 6 heteroatoms. The van der Waals surface area contributed by atoms with Gasteiger partial charge in [-0.3, -0.25) is 4.79 Å². The van der Waals surface area contributed by atoms with Gasteiger partial charge in [-0.15, -0.1) is 11.3 Å². The Labute approximate surface area is 141 Å². The number of fused-ring (bicyclic) bond motifs is 1. The summed E-state index contributed by atoms with van der Waals surface area (Å²) in [6.45, 7) is 1.76. The molecule has 0 aliphatic rings. The summed E-state index contributed by atoms with van der Waals surface area (Å²) in [4.78, 5) is 12.8. The molecule has 0 fully saturated rings. The van der Waals surface area contributed by atoms with Crippen molar-refractivity contribution in [1.82, 2.24) is 5.32 Å². The Morgan fingerprint density at radius 2 is 1.96 bits per heavy atom. The molecule has 1 unspecified atom stereocenters. The molecule has 3 aromatic rings. The first kappa shape index (κ1) is 16.4. The van der Waals surface area contributed by atoms with E-state index in [1.807, 2.05) is 0 Å². The van der Waals surface area contributed by atoms with E-state index in [-0.39, 0.29) is 17.5 Å². The van der Waals surface area contributed by atoms with Gasteiger partial charge in [0.1, 0.15) is 5.82 Å². The van der Waals surface area contributed by atoms with Crippen molar-refractivity contribution >= 4 is 27.3 Å². The van der Waals surface area contributed by atoms with Crippen molar-refractivity contribution in [3.8, 4) is 5.75 Å². The van der Waals surface area contributed by atoms with Crippen LogP contribution < -0.4 is 10.1 Å². The molecular formula is C18H15F2NO2S. The zero-order valence-electron chi connectivity index (χ0n) is 13.1. The molecule has 3 rings (SSSR count). The van der Waals surface area contributed by atoms with Gasteiger partial charge in [0, 0.05) is 10.1 Å². The van der Waals surface area contributed by atoms with Crippen molar-refractivity contribution in [3.05, 3.63) is 64.5 Å². The van der Waals surface area contributed by atoms with E-state index in [4.69, 9.17) is 4.74 Å². The van der Waals surface area contributed by atoms with E-state index in [2.05, 4.69) is 5.32 Å². The third-order valence-electron chi connectivity index (χ3n) is 3.76. The minimum atomic E-state index is -0.486. The minimum Gasteiger partial charge on any atom is -0.494 e. The maximum absolute atomic E-state index is 13.8. The molecule has 24 heavy (non-hydrogen) atoms. The number of carbonyl (C=O) groups excluding carboxylic acids is 1. The smallest absolute Gasteiger partial charge is 0.261 e. The highest BCUT2D eigenvalue weighted by atomic mass is 32.1. The van der Waals surface area contributed by atoms with Crippen molar-refractivity contribution in [2.75, 3.05) is 7.11 Å². The molecule has 124 valence electrons. The normalized spacial score (nSPS) is 12.2. The molecule has 0 aliphatic heterocycles. The Morgan fingerprint density at radius 1 is 1.17 bits per heavy atom. The second-order valence-corrected chi connectivity index (χ2v) is 6.44. The molecule has 0 spiro atoms. The predicted molar refractivity (Wildman–Crippen MR) is 90.6 cm³/mol. The van der Waals surface area contributed by atoms with Crippen molar-refractivity contribution in [1.29, 1.82) is 0 Å². The molecular weight excluding hydrogens is 332 g/mol. The molecule has 1 atom stereocenters. The quantitative estimate of drug-likeness (QED) is 0.744. The van der Waals surface area contributed by atoms with Gasteiger partial charge in [0.05, 0.1) is 18.0 Å². The molecule has 0 bridgehead atoms. The number of ether oxygens (including phenoxy) is 1. The fourth-order valence-corrected chi connectivity index (χ4v) is 3.42. The first-order valence-electron chi connectivity index (χ1n) is 7.32. The SMILES string of the molecule is COc1ccc(C(C)NC(=O)c2cc3c(F)cccc3s2)cc1F. The van der Waals surface area contributed by atoms with Gasteiger partial charge >= 0.3 is 0 Å². The third-order valence-corrected chi connectivity index (χ3v) is 4.85. The third kappa shape index (κ3) is 3.10. The molecule has 0 radical (unpaired) electrons. The monoisotopic (exact) mass is 347 g/mol. The Balaban J connectivity index is 1.80. The van der Waals surface area contributed by atoms with Crippen LogP contribution in [0, 0.1) is 11.6 Å². The number of amides is 1. The Kier molecular flexibility index (Phi) is 4.49. The lowest BCUT2D eigenvalue weighted by molar-refractivity contribution is 0.0944. The predicted octanol–water partition coefficient (Wildman–Crippen LogP) is 4.68. The Hall–Kier alpha value is -2.47. The molecule has 0 saturated carbocycles. The van der Waals surface area contributed by atoms with Crippen LogP contribution in [0.4, 0.5) is 8.78 Å². The second kappa shape index (κ2) is 6.57. The standard InChI is InChI=1S/C18H15F2NO2S/c1-10(11-6-7-15(23-2)14(20)8-11)21-18(22)17-9-12-13(19)4-3-5-16(12)24-17/h3-10H,1-2H3,(H,21,22). The first-order chi connectivity index (χ1) is 11.5. The van der Waals surface area contributed by atoms with Crippen molar-refractivity contribution < 1.29 is 18.3 Å². The number of methoxy groups -OCH3 is 1. The van der Waals surface area contributed by atoms with Crippen LogP contribution in [-0.2, 0) is 0 Å². The summed E-state index contributed by atoms with van der Waals surface area (Å²) in [6, 6.07) is 10.4. The van der Waals surface area contributed by atoms with Crippen LogP contribution in [0.15, 0.2) is 42.5 Å². The zero-order valence-corrected chi connectivity index (χ0v) is 13.9. The summed E-state index contributed by atoms with van der Waals surface area (Å²) < 4.78 is 33.1. The average Bonchev–Trinajstić information content (AvgIpc) is 3.00. The number of hydrogen-bond donors (Lipinski definition) is 1. The fourth-order valence-electron chi connectivity index (χ4n) is 2.44. The summed E-state index contributed by atoms with van der Waals surface area (Å²) in [5.41, 5.74) is 0.619. The molecule has 1 aromatic heterocycles. The van der Waals surface area contributed by atoms with Gasteiger partial charge in [0.25, 0.3) is 5.91 Å². The van der Waals surface area contributed by atoms with Crippen molar-refractivity contribution in [2.45, 2.75) is 13.0 Å². The van der Waals surface area contributed by atoms with Gasteiger partial charge in [-0.2, -0.15) is 0 Å². The Bertz CT molecular complexity index is 907. The maximum atomic E-state index is 13.8. The largest absolute Gasteiger partial charge is 0.494 e. The molecule has 1 amide bonds.